The molecule has 0 aliphatic carbocycles. The van der Waals surface area contributed by atoms with Crippen LogP contribution in [0.2, 0.25) is 0 Å². The number of hydrogen-bond acceptors (Lipinski definition) is 2. The highest BCUT2D eigenvalue weighted by molar-refractivity contribution is 5.94. The van der Waals surface area contributed by atoms with Gasteiger partial charge >= 0.3 is 0 Å². The van der Waals surface area contributed by atoms with E-state index in [-0.39, 0.29) is 11.5 Å². The Morgan fingerprint density at radius 3 is 2.56 bits per heavy atom. The normalized spacial score (nSPS) is 15.2. The van der Waals surface area contributed by atoms with Crippen molar-refractivity contribution in [2.75, 3.05) is 33.3 Å². The van der Waals surface area contributed by atoms with Crippen molar-refractivity contribution in [3.63, 3.8) is 0 Å². The van der Waals surface area contributed by atoms with E-state index >= 15 is 0 Å². The number of ether oxygens (including phenoxy) is 1. The summed E-state index contributed by atoms with van der Waals surface area (Å²) in [7, 11) is 1.48. The molecule has 1 fully saturated rings. The fourth-order valence-corrected chi connectivity index (χ4v) is 3.25. The zero-order valence-electron chi connectivity index (χ0n) is 14.7. The van der Waals surface area contributed by atoms with Crippen LogP contribution in [0, 0.1) is 12.7 Å². The average molecular weight is 343 g/mol. The molecule has 0 atom stereocenters. The highest BCUT2D eigenvalue weighted by Gasteiger charge is 2.26. The number of aryl methyl sites for hydroxylation is 1. The second kappa shape index (κ2) is 7.66. The van der Waals surface area contributed by atoms with Crippen LogP contribution < -0.4 is 9.64 Å². The first-order valence-electron chi connectivity index (χ1n) is 8.59. The van der Waals surface area contributed by atoms with Gasteiger partial charge in [0, 0.05) is 11.6 Å². The molecule has 3 rings (SSSR count). The Morgan fingerprint density at radius 2 is 1.92 bits per heavy atom. The smallest absolute Gasteiger partial charge is 0.257 e. The van der Waals surface area contributed by atoms with Crippen molar-refractivity contribution >= 4 is 5.91 Å². The Hall–Kier alpha value is -2.40. The molecule has 25 heavy (non-hydrogen) atoms. The third-order valence-corrected chi connectivity index (χ3v) is 4.87. The summed E-state index contributed by atoms with van der Waals surface area (Å²) in [6.07, 6.45) is 0. The fraction of sp³-hybridized carbons (Fsp3) is 0.350. The van der Waals surface area contributed by atoms with Gasteiger partial charge in [-0.3, -0.25) is 4.79 Å². The predicted molar refractivity (Wildman–Crippen MR) is 94.4 cm³/mol. The van der Waals surface area contributed by atoms with Gasteiger partial charge in [-0.15, -0.1) is 0 Å². The number of nitrogens with zero attached hydrogens (tertiary/aromatic N) is 1. The first-order valence-corrected chi connectivity index (χ1v) is 8.59. The summed E-state index contributed by atoms with van der Waals surface area (Å²) in [5.74, 6) is -0.351. The monoisotopic (exact) mass is 343 g/mol. The molecule has 0 saturated carbocycles. The largest absolute Gasteiger partial charge is 0.497 e. The van der Waals surface area contributed by atoms with E-state index in [9.17, 15) is 9.18 Å². The molecule has 1 amide bonds. The van der Waals surface area contributed by atoms with Crippen LogP contribution in [0.4, 0.5) is 4.39 Å². The molecular weight excluding hydrogens is 319 g/mol. The topological polar surface area (TPSA) is 34.0 Å². The van der Waals surface area contributed by atoms with E-state index in [0.29, 0.717) is 18.8 Å². The van der Waals surface area contributed by atoms with Crippen LogP contribution in [0.5, 0.6) is 5.75 Å². The summed E-state index contributed by atoms with van der Waals surface area (Å²) >= 11 is 0. The number of benzene rings is 2. The number of piperazine rings is 1. The third kappa shape index (κ3) is 3.99. The van der Waals surface area contributed by atoms with Gasteiger partial charge in [0.2, 0.25) is 0 Å². The first-order chi connectivity index (χ1) is 12.1. The number of carbonyl (C=O) groups excluding carboxylic acids is 1. The van der Waals surface area contributed by atoms with E-state index < -0.39 is 5.82 Å². The van der Waals surface area contributed by atoms with E-state index in [4.69, 9.17) is 4.74 Å². The number of carbonyl (C=O) groups is 1. The van der Waals surface area contributed by atoms with Gasteiger partial charge in [0.1, 0.15) is 18.1 Å². The fourth-order valence-electron chi connectivity index (χ4n) is 3.25. The summed E-state index contributed by atoms with van der Waals surface area (Å²) in [6, 6.07) is 12.8. The Kier molecular flexibility index (Phi) is 5.34. The minimum atomic E-state index is -0.529. The lowest BCUT2D eigenvalue weighted by Crippen LogP contribution is -3.13. The lowest BCUT2D eigenvalue weighted by Gasteiger charge is -2.32. The summed E-state index contributed by atoms with van der Waals surface area (Å²) in [5, 5.41) is 0. The Bertz CT molecular complexity index is 755. The van der Waals surface area contributed by atoms with Crippen molar-refractivity contribution in [3.8, 4) is 5.75 Å². The number of rotatable bonds is 4. The molecule has 2 aromatic carbocycles. The minimum absolute atomic E-state index is 0.114. The van der Waals surface area contributed by atoms with E-state index in [1.54, 1.807) is 11.0 Å². The van der Waals surface area contributed by atoms with Gasteiger partial charge in [0.05, 0.1) is 38.9 Å². The lowest BCUT2D eigenvalue weighted by molar-refractivity contribution is -0.917. The highest BCUT2D eigenvalue weighted by Crippen LogP contribution is 2.18. The molecule has 4 nitrogen and oxygen atoms in total. The van der Waals surface area contributed by atoms with Crippen molar-refractivity contribution in [1.82, 2.24) is 4.90 Å². The molecule has 0 spiro atoms. The molecule has 1 aliphatic rings. The Morgan fingerprint density at radius 1 is 1.20 bits per heavy atom. The SMILES string of the molecule is COc1ccc(C(=O)N2CC[NH+](Cc3ccccc3C)CC2)c(F)c1. The Labute approximate surface area is 147 Å². The van der Waals surface area contributed by atoms with Crippen LogP contribution in [-0.4, -0.2) is 44.1 Å². The molecule has 0 radical (unpaired) electrons. The van der Waals surface area contributed by atoms with Gasteiger partial charge in [0.25, 0.3) is 5.91 Å². The molecule has 2 aromatic rings. The quantitative estimate of drug-likeness (QED) is 0.917. The molecule has 1 saturated heterocycles. The standard InChI is InChI=1S/C20H23FN2O2/c1-15-5-3-4-6-16(15)14-22-9-11-23(12-10-22)20(24)18-8-7-17(25-2)13-19(18)21/h3-8,13H,9-12,14H2,1-2H3/p+1. The van der Waals surface area contributed by atoms with Gasteiger partial charge in [-0.2, -0.15) is 0 Å². The summed E-state index contributed by atoms with van der Waals surface area (Å²) < 4.78 is 19.1. The summed E-state index contributed by atoms with van der Waals surface area (Å²) in [6.45, 7) is 6.12. The predicted octanol–water partition coefficient (Wildman–Crippen LogP) is 1.68. The number of nitrogens with one attached hydrogen (secondary N) is 1. The second-order valence-corrected chi connectivity index (χ2v) is 6.49. The molecule has 1 heterocycles. The number of halogens is 1. The van der Waals surface area contributed by atoms with Gasteiger partial charge in [-0.25, -0.2) is 4.39 Å². The number of amides is 1. The van der Waals surface area contributed by atoms with Crippen LogP contribution in [0.25, 0.3) is 0 Å². The lowest BCUT2D eigenvalue weighted by atomic mass is 10.1. The molecule has 132 valence electrons. The van der Waals surface area contributed by atoms with Gasteiger partial charge in [-0.1, -0.05) is 24.3 Å². The zero-order valence-corrected chi connectivity index (χ0v) is 14.7. The summed E-state index contributed by atoms with van der Waals surface area (Å²) in [4.78, 5) is 15.8. The van der Waals surface area contributed by atoms with Crippen molar-refractivity contribution in [2.45, 2.75) is 13.5 Å². The van der Waals surface area contributed by atoms with Crippen LogP contribution >= 0.6 is 0 Å². The van der Waals surface area contributed by atoms with Crippen LogP contribution in [0.15, 0.2) is 42.5 Å². The van der Waals surface area contributed by atoms with Crippen molar-refractivity contribution in [3.05, 3.63) is 65.0 Å². The third-order valence-electron chi connectivity index (χ3n) is 4.87. The van der Waals surface area contributed by atoms with E-state index in [1.165, 1.54) is 35.3 Å². The maximum Gasteiger partial charge on any atom is 0.257 e. The van der Waals surface area contributed by atoms with E-state index in [1.807, 2.05) is 6.07 Å². The van der Waals surface area contributed by atoms with Gasteiger partial charge < -0.3 is 14.5 Å². The highest BCUT2D eigenvalue weighted by atomic mass is 19.1. The molecule has 0 aromatic heterocycles. The molecule has 1 N–H and O–H groups in total. The van der Waals surface area contributed by atoms with Crippen molar-refractivity contribution in [2.24, 2.45) is 0 Å². The van der Waals surface area contributed by atoms with Gasteiger partial charge in [0.15, 0.2) is 0 Å². The van der Waals surface area contributed by atoms with Crippen LogP contribution in [0.3, 0.4) is 0 Å². The molecule has 0 unspecified atom stereocenters. The Balaban J connectivity index is 1.60. The number of hydrogen-bond donors (Lipinski definition) is 1. The molecule has 1 aliphatic heterocycles. The van der Waals surface area contributed by atoms with E-state index in [0.717, 1.165) is 19.6 Å². The van der Waals surface area contributed by atoms with Crippen molar-refractivity contribution < 1.29 is 18.8 Å². The molecule has 5 heteroatoms. The maximum atomic E-state index is 14.1. The average Bonchev–Trinajstić information content (AvgIpc) is 2.63. The van der Waals surface area contributed by atoms with Crippen LogP contribution in [-0.2, 0) is 6.54 Å². The zero-order chi connectivity index (χ0) is 17.8. The summed E-state index contributed by atoms with van der Waals surface area (Å²) in [5.41, 5.74) is 2.76. The van der Waals surface area contributed by atoms with Crippen molar-refractivity contribution in [1.29, 1.82) is 0 Å². The molecular formula is C20H24FN2O2+. The van der Waals surface area contributed by atoms with E-state index in [2.05, 4.69) is 25.1 Å². The van der Waals surface area contributed by atoms with Crippen LogP contribution in [0.1, 0.15) is 21.5 Å². The second-order valence-electron chi connectivity index (χ2n) is 6.49. The minimum Gasteiger partial charge on any atom is -0.497 e. The first kappa shape index (κ1) is 17.4. The number of methoxy groups -OCH3 is 1. The van der Waals surface area contributed by atoms with Gasteiger partial charge in [-0.05, 0) is 24.6 Å². The molecule has 0 bridgehead atoms. The number of quaternary nitrogens is 1. The maximum absolute atomic E-state index is 14.1.